The third kappa shape index (κ3) is 2.36. The summed E-state index contributed by atoms with van der Waals surface area (Å²) < 4.78 is 0. The van der Waals surface area contributed by atoms with Crippen LogP contribution in [-0.2, 0) is 0 Å². The van der Waals surface area contributed by atoms with E-state index in [9.17, 15) is 0 Å². The molecule has 2 heteroatoms. The Labute approximate surface area is 94.4 Å². The molecule has 0 aromatic heterocycles. The molecule has 2 aliphatic heterocycles. The van der Waals surface area contributed by atoms with E-state index in [1.807, 2.05) is 0 Å². The molecule has 1 N–H and O–H groups in total. The molecule has 0 aromatic carbocycles. The van der Waals surface area contributed by atoms with E-state index in [0.29, 0.717) is 0 Å². The van der Waals surface area contributed by atoms with Crippen molar-refractivity contribution in [2.45, 2.75) is 39.7 Å². The first-order valence-corrected chi connectivity index (χ1v) is 6.67. The van der Waals surface area contributed by atoms with Crippen molar-refractivity contribution in [2.24, 2.45) is 17.8 Å². The second kappa shape index (κ2) is 4.84. The second-order valence-electron chi connectivity index (χ2n) is 5.66. The minimum absolute atomic E-state index is 0.823. The van der Waals surface area contributed by atoms with Crippen LogP contribution in [0.15, 0.2) is 0 Å². The molecule has 2 heterocycles. The fourth-order valence-corrected chi connectivity index (χ4v) is 3.53. The van der Waals surface area contributed by atoms with E-state index < -0.39 is 0 Å². The van der Waals surface area contributed by atoms with Gasteiger partial charge in [0.05, 0.1) is 0 Å². The van der Waals surface area contributed by atoms with Crippen molar-refractivity contribution < 1.29 is 0 Å². The maximum atomic E-state index is 3.54. The Morgan fingerprint density at radius 2 is 1.87 bits per heavy atom. The third-order valence-corrected chi connectivity index (χ3v) is 4.41. The predicted octanol–water partition coefficient (Wildman–Crippen LogP) is 1.96. The third-order valence-electron chi connectivity index (χ3n) is 4.41. The standard InChI is InChI=1S/C13H26N2/c1-4-12-5-6-15(9-12)13-10(2)7-14-8-11(13)3/h10-14H,4-9H2,1-3H3. The van der Waals surface area contributed by atoms with Crippen LogP contribution in [0.2, 0.25) is 0 Å². The van der Waals surface area contributed by atoms with Gasteiger partial charge in [0, 0.05) is 12.6 Å². The van der Waals surface area contributed by atoms with Gasteiger partial charge in [-0.1, -0.05) is 27.2 Å². The number of nitrogens with one attached hydrogen (secondary N) is 1. The molecule has 2 rings (SSSR count). The number of hydrogen-bond donors (Lipinski definition) is 1. The number of hydrogen-bond acceptors (Lipinski definition) is 2. The molecule has 3 atom stereocenters. The smallest absolute Gasteiger partial charge is 0.0171 e. The van der Waals surface area contributed by atoms with Crippen LogP contribution in [0, 0.1) is 17.8 Å². The minimum Gasteiger partial charge on any atom is -0.316 e. The molecule has 0 spiro atoms. The highest BCUT2D eigenvalue weighted by atomic mass is 15.2. The lowest BCUT2D eigenvalue weighted by Gasteiger charge is -2.41. The van der Waals surface area contributed by atoms with Gasteiger partial charge in [-0.15, -0.1) is 0 Å². The molecular weight excluding hydrogens is 184 g/mol. The molecule has 2 saturated heterocycles. The predicted molar refractivity (Wildman–Crippen MR) is 65.0 cm³/mol. The lowest BCUT2D eigenvalue weighted by molar-refractivity contribution is 0.0973. The van der Waals surface area contributed by atoms with Crippen LogP contribution < -0.4 is 5.32 Å². The second-order valence-corrected chi connectivity index (χ2v) is 5.66. The Morgan fingerprint density at radius 3 is 2.40 bits per heavy atom. The van der Waals surface area contributed by atoms with Gasteiger partial charge in [0.2, 0.25) is 0 Å². The van der Waals surface area contributed by atoms with Crippen LogP contribution in [0.4, 0.5) is 0 Å². The van der Waals surface area contributed by atoms with Crippen molar-refractivity contribution in [3.8, 4) is 0 Å². The molecule has 15 heavy (non-hydrogen) atoms. The number of piperidine rings is 1. The van der Waals surface area contributed by atoms with Crippen molar-refractivity contribution >= 4 is 0 Å². The van der Waals surface area contributed by atoms with Gasteiger partial charge in [-0.3, -0.25) is 4.90 Å². The lowest BCUT2D eigenvalue weighted by atomic mass is 9.86. The fraction of sp³-hybridized carbons (Fsp3) is 1.00. The monoisotopic (exact) mass is 210 g/mol. The summed E-state index contributed by atoms with van der Waals surface area (Å²) in [6.07, 6.45) is 2.80. The molecule has 0 bridgehead atoms. The topological polar surface area (TPSA) is 15.3 Å². The van der Waals surface area contributed by atoms with E-state index in [-0.39, 0.29) is 0 Å². The fourth-order valence-electron chi connectivity index (χ4n) is 3.53. The first-order valence-electron chi connectivity index (χ1n) is 6.67. The number of nitrogens with zero attached hydrogens (tertiary/aromatic N) is 1. The first kappa shape index (κ1) is 11.4. The highest BCUT2D eigenvalue weighted by molar-refractivity contribution is 4.91. The Bertz CT molecular complexity index is 195. The summed E-state index contributed by atoms with van der Waals surface area (Å²) in [6.45, 7) is 12.3. The van der Waals surface area contributed by atoms with Gasteiger partial charge >= 0.3 is 0 Å². The van der Waals surface area contributed by atoms with Gasteiger partial charge in [-0.05, 0) is 43.8 Å². The molecule has 0 radical (unpaired) electrons. The summed E-state index contributed by atoms with van der Waals surface area (Å²) in [4.78, 5) is 2.77. The summed E-state index contributed by atoms with van der Waals surface area (Å²) in [5.41, 5.74) is 0. The molecule has 2 fully saturated rings. The van der Waals surface area contributed by atoms with Gasteiger partial charge < -0.3 is 5.32 Å². The Balaban J connectivity index is 1.96. The van der Waals surface area contributed by atoms with Gasteiger partial charge in [-0.2, -0.15) is 0 Å². The number of likely N-dealkylation sites (tertiary alicyclic amines) is 1. The highest BCUT2D eigenvalue weighted by Crippen LogP contribution is 2.29. The van der Waals surface area contributed by atoms with Crippen molar-refractivity contribution in [3.05, 3.63) is 0 Å². The molecule has 88 valence electrons. The highest BCUT2D eigenvalue weighted by Gasteiger charge is 2.35. The normalized spacial score (nSPS) is 43.4. The summed E-state index contributed by atoms with van der Waals surface area (Å²) in [5.74, 6) is 2.62. The zero-order valence-electron chi connectivity index (χ0n) is 10.5. The van der Waals surface area contributed by atoms with Gasteiger partial charge in [0.25, 0.3) is 0 Å². The summed E-state index contributed by atoms with van der Waals surface area (Å²) in [5, 5.41) is 3.54. The van der Waals surface area contributed by atoms with E-state index in [2.05, 4.69) is 31.0 Å². The van der Waals surface area contributed by atoms with Crippen molar-refractivity contribution in [1.82, 2.24) is 10.2 Å². The van der Waals surface area contributed by atoms with Crippen molar-refractivity contribution in [3.63, 3.8) is 0 Å². The van der Waals surface area contributed by atoms with Gasteiger partial charge in [-0.25, -0.2) is 0 Å². The molecule has 2 nitrogen and oxygen atoms in total. The maximum Gasteiger partial charge on any atom is 0.0171 e. The van der Waals surface area contributed by atoms with E-state index in [1.54, 1.807) is 0 Å². The van der Waals surface area contributed by atoms with Crippen LogP contribution in [0.25, 0.3) is 0 Å². The summed E-state index contributed by atoms with van der Waals surface area (Å²) in [6, 6.07) is 0.836. The van der Waals surface area contributed by atoms with Gasteiger partial charge in [0.15, 0.2) is 0 Å². The Hall–Kier alpha value is -0.0800. The Morgan fingerprint density at radius 1 is 1.20 bits per heavy atom. The van der Waals surface area contributed by atoms with Gasteiger partial charge in [0.1, 0.15) is 0 Å². The molecule has 0 aromatic rings. The van der Waals surface area contributed by atoms with E-state index in [0.717, 1.165) is 23.8 Å². The largest absolute Gasteiger partial charge is 0.316 e. The quantitative estimate of drug-likeness (QED) is 0.749. The maximum absolute atomic E-state index is 3.54. The zero-order valence-corrected chi connectivity index (χ0v) is 10.5. The van der Waals surface area contributed by atoms with E-state index >= 15 is 0 Å². The average Bonchev–Trinajstić information content (AvgIpc) is 2.66. The van der Waals surface area contributed by atoms with Crippen LogP contribution in [0.5, 0.6) is 0 Å². The lowest BCUT2D eigenvalue weighted by Crippen LogP contribution is -2.53. The van der Waals surface area contributed by atoms with Crippen LogP contribution >= 0.6 is 0 Å². The molecule has 2 aliphatic rings. The molecule has 0 amide bonds. The average molecular weight is 210 g/mol. The van der Waals surface area contributed by atoms with Crippen LogP contribution in [0.3, 0.4) is 0 Å². The molecule has 3 unspecified atom stereocenters. The van der Waals surface area contributed by atoms with Crippen molar-refractivity contribution in [1.29, 1.82) is 0 Å². The zero-order chi connectivity index (χ0) is 10.8. The van der Waals surface area contributed by atoms with Crippen molar-refractivity contribution in [2.75, 3.05) is 26.2 Å². The van der Waals surface area contributed by atoms with E-state index in [1.165, 1.54) is 39.0 Å². The molecule has 0 saturated carbocycles. The van der Waals surface area contributed by atoms with E-state index in [4.69, 9.17) is 0 Å². The minimum atomic E-state index is 0.823. The molecule has 0 aliphatic carbocycles. The van der Waals surface area contributed by atoms with Crippen LogP contribution in [-0.4, -0.2) is 37.1 Å². The summed E-state index contributed by atoms with van der Waals surface area (Å²) in [7, 11) is 0. The van der Waals surface area contributed by atoms with Crippen LogP contribution in [0.1, 0.15) is 33.6 Å². The number of rotatable bonds is 2. The first-order chi connectivity index (χ1) is 7.22. The molecular formula is C13H26N2. The SMILES string of the molecule is CCC1CCN(C2C(C)CNCC2C)C1. The Kier molecular flexibility index (Phi) is 3.68. The summed E-state index contributed by atoms with van der Waals surface area (Å²) >= 11 is 0.